The standard InChI is InChI=1S/C7H12O4/c1-7(10-2,11-3)6(9)4-5-8/h4-5,8H,1-3H3/b5-4+. The lowest BCUT2D eigenvalue weighted by Gasteiger charge is -2.22. The van der Waals surface area contributed by atoms with Gasteiger partial charge in [-0.2, -0.15) is 0 Å². The second-order valence-electron chi connectivity index (χ2n) is 2.03. The summed E-state index contributed by atoms with van der Waals surface area (Å²) in [5.41, 5.74) is 0. The van der Waals surface area contributed by atoms with Crippen LogP contribution in [0.5, 0.6) is 0 Å². The number of aliphatic hydroxyl groups is 1. The van der Waals surface area contributed by atoms with E-state index in [0.717, 1.165) is 6.08 Å². The van der Waals surface area contributed by atoms with Crippen LogP contribution in [0.3, 0.4) is 0 Å². The largest absolute Gasteiger partial charge is 0.515 e. The number of hydrogen-bond acceptors (Lipinski definition) is 4. The van der Waals surface area contributed by atoms with Gasteiger partial charge in [-0.3, -0.25) is 4.79 Å². The van der Waals surface area contributed by atoms with Crippen molar-refractivity contribution in [2.24, 2.45) is 0 Å². The summed E-state index contributed by atoms with van der Waals surface area (Å²) >= 11 is 0. The molecule has 64 valence electrons. The topological polar surface area (TPSA) is 55.8 Å². The van der Waals surface area contributed by atoms with Gasteiger partial charge < -0.3 is 14.6 Å². The smallest absolute Gasteiger partial charge is 0.229 e. The van der Waals surface area contributed by atoms with E-state index in [4.69, 9.17) is 14.6 Å². The van der Waals surface area contributed by atoms with E-state index in [0.29, 0.717) is 6.26 Å². The van der Waals surface area contributed by atoms with Gasteiger partial charge in [-0.1, -0.05) is 0 Å². The van der Waals surface area contributed by atoms with Gasteiger partial charge in [-0.05, 0) is 6.92 Å². The maximum atomic E-state index is 11.0. The van der Waals surface area contributed by atoms with E-state index in [1.165, 1.54) is 21.1 Å². The van der Waals surface area contributed by atoms with Gasteiger partial charge in [0, 0.05) is 20.3 Å². The predicted molar refractivity (Wildman–Crippen MR) is 39.2 cm³/mol. The molecule has 0 aromatic heterocycles. The van der Waals surface area contributed by atoms with E-state index < -0.39 is 11.6 Å². The average molecular weight is 160 g/mol. The van der Waals surface area contributed by atoms with Crippen molar-refractivity contribution >= 4 is 5.78 Å². The molecule has 0 aromatic carbocycles. The van der Waals surface area contributed by atoms with Crippen molar-refractivity contribution in [3.63, 3.8) is 0 Å². The lowest BCUT2D eigenvalue weighted by atomic mass is 10.2. The zero-order chi connectivity index (χ0) is 8.91. The van der Waals surface area contributed by atoms with E-state index in [-0.39, 0.29) is 0 Å². The molecule has 0 rings (SSSR count). The first-order valence-corrected chi connectivity index (χ1v) is 3.06. The number of carbonyl (C=O) groups excluding carboxylic acids is 1. The summed E-state index contributed by atoms with van der Waals surface area (Å²) in [6.45, 7) is 1.47. The Morgan fingerprint density at radius 3 is 2.18 bits per heavy atom. The van der Waals surface area contributed by atoms with Gasteiger partial charge in [0.05, 0.1) is 6.26 Å². The van der Waals surface area contributed by atoms with Gasteiger partial charge in [0.25, 0.3) is 0 Å². The Bertz CT molecular complexity index is 158. The molecule has 0 amide bonds. The summed E-state index contributed by atoms with van der Waals surface area (Å²) in [4.78, 5) is 11.0. The van der Waals surface area contributed by atoms with Crippen molar-refractivity contribution in [2.75, 3.05) is 14.2 Å². The van der Waals surface area contributed by atoms with Crippen molar-refractivity contribution < 1.29 is 19.4 Å². The maximum absolute atomic E-state index is 11.0. The minimum atomic E-state index is -1.29. The van der Waals surface area contributed by atoms with E-state index >= 15 is 0 Å². The molecule has 0 radical (unpaired) electrons. The average Bonchev–Trinajstić information content (AvgIpc) is 2.03. The van der Waals surface area contributed by atoms with Gasteiger partial charge >= 0.3 is 0 Å². The van der Waals surface area contributed by atoms with Crippen LogP contribution in [0.1, 0.15) is 6.92 Å². The van der Waals surface area contributed by atoms with Crippen LogP contribution in [0.15, 0.2) is 12.3 Å². The summed E-state index contributed by atoms with van der Waals surface area (Å²) in [7, 11) is 2.71. The van der Waals surface area contributed by atoms with Crippen LogP contribution < -0.4 is 0 Å². The van der Waals surface area contributed by atoms with Crippen molar-refractivity contribution in [1.29, 1.82) is 0 Å². The second kappa shape index (κ2) is 4.10. The molecule has 0 saturated heterocycles. The molecule has 11 heavy (non-hydrogen) atoms. The zero-order valence-corrected chi connectivity index (χ0v) is 6.83. The molecule has 0 unspecified atom stereocenters. The molecular weight excluding hydrogens is 148 g/mol. The van der Waals surface area contributed by atoms with Crippen LogP contribution in [0.2, 0.25) is 0 Å². The van der Waals surface area contributed by atoms with Gasteiger partial charge in [0.2, 0.25) is 11.6 Å². The minimum Gasteiger partial charge on any atom is -0.515 e. The summed E-state index contributed by atoms with van der Waals surface area (Å²) in [6, 6.07) is 0. The Morgan fingerprint density at radius 2 is 1.91 bits per heavy atom. The van der Waals surface area contributed by atoms with Crippen LogP contribution in [0, 0.1) is 0 Å². The number of ketones is 1. The monoisotopic (exact) mass is 160 g/mol. The molecule has 0 heterocycles. The molecule has 0 aliphatic carbocycles. The Kier molecular flexibility index (Phi) is 3.78. The Morgan fingerprint density at radius 1 is 1.45 bits per heavy atom. The second-order valence-corrected chi connectivity index (χ2v) is 2.03. The van der Waals surface area contributed by atoms with Gasteiger partial charge in [0.15, 0.2) is 0 Å². The maximum Gasteiger partial charge on any atom is 0.229 e. The van der Waals surface area contributed by atoms with E-state index in [1.54, 1.807) is 0 Å². The van der Waals surface area contributed by atoms with Gasteiger partial charge in [-0.25, -0.2) is 0 Å². The lowest BCUT2D eigenvalue weighted by molar-refractivity contribution is -0.194. The van der Waals surface area contributed by atoms with Crippen molar-refractivity contribution in [3.8, 4) is 0 Å². The Hall–Kier alpha value is -0.870. The van der Waals surface area contributed by atoms with E-state index in [9.17, 15) is 4.79 Å². The fourth-order valence-corrected chi connectivity index (χ4v) is 0.504. The highest BCUT2D eigenvalue weighted by atomic mass is 16.7. The first-order valence-electron chi connectivity index (χ1n) is 3.06. The van der Waals surface area contributed by atoms with Crippen molar-refractivity contribution in [3.05, 3.63) is 12.3 Å². The molecule has 0 aliphatic rings. The summed E-state index contributed by atoms with van der Waals surface area (Å²) in [6.07, 6.45) is 1.63. The van der Waals surface area contributed by atoms with Gasteiger partial charge in [-0.15, -0.1) is 0 Å². The number of hydrogen-bond donors (Lipinski definition) is 1. The molecule has 0 aromatic rings. The third kappa shape index (κ3) is 2.32. The van der Waals surface area contributed by atoms with Crippen LogP contribution in [-0.4, -0.2) is 30.9 Å². The number of rotatable bonds is 4. The molecule has 4 heteroatoms. The fraction of sp³-hybridized carbons (Fsp3) is 0.571. The molecule has 4 nitrogen and oxygen atoms in total. The van der Waals surface area contributed by atoms with Crippen LogP contribution in [0.4, 0.5) is 0 Å². The SMILES string of the molecule is COC(C)(OC)C(=O)/C=C/O. The molecule has 0 spiro atoms. The van der Waals surface area contributed by atoms with Crippen LogP contribution >= 0.6 is 0 Å². The van der Waals surface area contributed by atoms with Crippen LogP contribution in [-0.2, 0) is 14.3 Å². The number of carbonyl (C=O) groups is 1. The summed E-state index contributed by atoms with van der Waals surface area (Å²) in [5.74, 6) is -1.73. The first kappa shape index (κ1) is 10.1. The molecule has 0 aliphatic heterocycles. The molecule has 0 atom stereocenters. The van der Waals surface area contributed by atoms with Crippen LogP contribution in [0.25, 0.3) is 0 Å². The molecule has 0 saturated carbocycles. The summed E-state index contributed by atoms with van der Waals surface area (Å²) in [5, 5.41) is 8.28. The fourth-order valence-electron chi connectivity index (χ4n) is 0.504. The predicted octanol–water partition coefficient (Wildman–Crippen LogP) is 0.636. The highest BCUT2D eigenvalue weighted by molar-refractivity contribution is 5.95. The molecule has 0 fully saturated rings. The molecule has 0 bridgehead atoms. The summed E-state index contributed by atoms with van der Waals surface area (Å²) < 4.78 is 9.53. The lowest BCUT2D eigenvalue weighted by Crippen LogP contribution is -2.38. The Labute approximate surface area is 65.4 Å². The number of aliphatic hydroxyl groups excluding tert-OH is 1. The van der Waals surface area contributed by atoms with E-state index in [2.05, 4.69) is 0 Å². The molecular formula is C7H12O4. The minimum absolute atomic E-state index is 0.440. The third-order valence-corrected chi connectivity index (χ3v) is 1.45. The molecule has 1 N–H and O–H groups in total. The number of methoxy groups -OCH3 is 2. The highest BCUT2D eigenvalue weighted by Gasteiger charge is 2.30. The van der Waals surface area contributed by atoms with E-state index in [1.807, 2.05) is 0 Å². The third-order valence-electron chi connectivity index (χ3n) is 1.45. The first-order chi connectivity index (χ1) is 5.10. The quantitative estimate of drug-likeness (QED) is 0.372. The van der Waals surface area contributed by atoms with Gasteiger partial charge in [0.1, 0.15) is 0 Å². The van der Waals surface area contributed by atoms with Crippen molar-refractivity contribution in [1.82, 2.24) is 0 Å². The highest BCUT2D eigenvalue weighted by Crippen LogP contribution is 2.11. The number of ether oxygens (including phenoxy) is 2. The normalized spacial score (nSPS) is 12.3. The Balaban J connectivity index is 4.37. The van der Waals surface area contributed by atoms with Crippen molar-refractivity contribution in [2.45, 2.75) is 12.7 Å². The zero-order valence-electron chi connectivity index (χ0n) is 6.83.